The number of benzene rings is 3. The van der Waals surface area contributed by atoms with E-state index in [0.717, 1.165) is 11.1 Å². The second-order valence-corrected chi connectivity index (χ2v) is 5.69. The van der Waals surface area contributed by atoms with Crippen molar-refractivity contribution in [1.82, 2.24) is 0 Å². The molecule has 3 aromatic carbocycles. The summed E-state index contributed by atoms with van der Waals surface area (Å²) in [5, 5.41) is 8.97. The van der Waals surface area contributed by atoms with Gasteiger partial charge in [-0.3, -0.25) is 0 Å². The van der Waals surface area contributed by atoms with E-state index in [1.807, 2.05) is 48.5 Å². The SMILES string of the molecule is COc1cc(C#N)ccc1OC(=O)c1ccccc1Cc1ccccc1. The highest BCUT2D eigenvalue weighted by molar-refractivity contribution is 5.93. The van der Waals surface area contributed by atoms with Gasteiger partial charge in [-0.25, -0.2) is 4.79 Å². The molecule has 0 amide bonds. The van der Waals surface area contributed by atoms with Gasteiger partial charge < -0.3 is 9.47 Å². The molecule has 3 aromatic rings. The molecule has 0 atom stereocenters. The first-order chi connectivity index (χ1) is 12.7. The highest BCUT2D eigenvalue weighted by Crippen LogP contribution is 2.29. The molecule has 0 aliphatic carbocycles. The Bertz CT molecular complexity index is 959. The normalized spacial score (nSPS) is 10.0. The third kappa shape index (κ3) is 3.90. The molecule has 3 rings (SSSR count). The molecule has 0 fully saturated rings. The lowest BCUT2D eigenvalue weighted by Gasteiger charge is -2.12. The highest BCUT2D eigenvalue weighted by Gasteiger charge is 2.16. The Morgan fingerprint density at radius 3 is 2.42 bits per heavy atom. The maximum Gasteiger partial charge on any atom is 0.343 e. The molecule has 0 aromatic heterocycles. The minimum Gasteiger partial charge on any atom is -0.493 e. The lowest BCUT2D eigenvalue weighted by molar-refractivity contribution is 0.0728. The van der Waals surface area contributed by atoms with E-state index in [-0.39, 0.29) is 5.75 Å². The first-order valence-corrected chi connectivity index (χ1v) is 8.13. The number of methoxy groups -OCH3 is 1. The molecule has 26 heavy (non-hydrogen) atoms. The summed E-state index contributed by atoms with van der Waals surface area (Å²) in [7, 11) is 1.47. The molecule has 0 unspecified atom stereocenters. The van der Waals surface area contributed by atoms with Crippen LogP contribution in [-0.2, 0) is 6.42 Å². The van der Waals surface area contributed by atoms with E-state index in [2.05, 4.69) is 0 Å². The summed E-state index contributed by atoms with van der Waals surface area (Å²) < 4.78 is 10.7. The van der Waals surface area contributed by atoms with Crippen LogP contribution in [-0.4, -0.2) is 13.1 Å². The van der Waals surface area contributed by atoms with Crippen molar-refractivity contribution in [3.63, 3.8) is 0 Å². The predicted octanol–water partition coefficient (Wildman–Crippen LogP) is 4.38. The van der Waals surface area contributed by atoms with Crippen LogP contribution in [0.4, 0.5) is 0 Å². The molecular weight excluding hydrogens is 326 g/mol. The summed E-state index contributed by atoms with van der Waals surface area (Å²) in [4.78, 5) is 12.7. The third-order valence-corrected chi connectivity index (χ3v) is 3.97. The van der Waals surface area contributed by atoms with Crippen molar-refractivity contribution in [2.75, 3.05) is 7.11 Å². The molecule has 0 aliphatic rings. The zero-order chi connectivity index (χ0) is 18.4. The van der Waals surface area contributed by atoms with Gasteiger partial charge in [0.2, 0.25) is 0 Å². The summed E-state index contributed by atoms with van der Waals surface area (Å²) in [5.74, 6) is 0.170. The Kier molecular flexibility index (Phi) is 5.31. The van der Waals surface area contributed by atoms with Crippen LogP contribution in [0, 0.1) is 11.3 Å². The van der Waals surface area contributed by atoms with Crippen LogP contribution >= 0.6 is 0 Å². The van der Waals surface area contributed by atoms with Gasteiger partial charge in [0.05, 0.1) is 24.3 Å². The Morgan fingerprint density at radius 1 is 0.962 bits per heavy atom. The fourth-order valence-electron chi connectivity index (χ4n) is 2.67. The van der Waals surface area contributed by atoms with Crippen molar-refractivity contribution in [1.29, 1.82) is 5.26 Å². The first-order valence-electron chi connectivity index (χ1n) is 8.13. The number of carbonyl (C=O) groups is 1. The molecule has 128 valence electrons. The van der Waals surface area contributed by atoms with Gasteiger partial charge in [-0.05, 0) is 35.7 Å². The van der Waals surface area contributed by atoms with Crippen molar-refractivity contribution >= 4 is 5.97 Å². The van der Waals surface area contributed by atoms with Crippen molar-refractivity contribution in [3.05, 3.63) is 95.1 Å². The van der Waals surface area contributed by atoms with Crippen LogP contribution in [0.3, 0.4) is 0 Å². The van der Waals surface area contributed by atoms with E-state index in [9.17, 15) is 4.79 Å². The Labute approximate surface area is 152 Å². The minimum atomic E-state index is -0.459. The van der Waals surface area contributed by atoms with Gasteiger partial charge in [0.15, 0.2) is 11.5 Å². The molecule has 0 heterocycles. The number of hydrogen-bond acceptors (Lipinski definition) is 4. The quantitative estimate of drug-likeness (QED) is 0.510. The monoisotopic (exact) mass is 343 g/mol. The Morgan fingerprint density at radius 2 is 1.69 bits per heavy atom. The van der Waals surface area contributed by atoms with Gasteiger partial charge in [-0.15, -0.1) is 0 Å². The van der Waals surface area contributed by atoms with E-state index >= 15 is 0 Å². The van der Waals surface area contributed by atoms with E-state index in [1.54, 1.807) is 30.3 Å². The van der Waals surface area contributed by atoms with Crippen LogP contribution in [0.2, 0.25) is 0 Å². The van der Waals surface area contributed by atoms with E-state index in [0.29, 0.717) is 23.3 Å². The maximum atomic E-state index is 12.7. The molecule has 4 nitrogen and oxygen atoms in total. The van der Waals surface area contributed by atoms with Crippen LogP contribution < -0.4 is 9.47 Å². The van der Waals surface area contributed by atoms with Crippen molar-refractivity contribution in [2.45, 2.75) is 6.42 Å². The lowest BCUT2D eigenvalue weighted by Crippen LogP contribution is -2.12. The summed E-state index contributed by atoms with van der Waals surface area (Å²) in [5.41, 5.74) is 2.94. The summed E-state index contributed by atoms with van der Waals surface area (Å²) >= 11 is 0. The number of hydrogen-bond donors (Lipinski definition) is 0. The average molecular weight is 343 g/mol. The summed E-state index contributed by atoms with van der Waals surface area (Å²) in [6.45, 7) is 0. The number of rotatable bonds is 5. The molecule has 4 heteroatoms. The number of esters is 1. The Balaban J connectivity index is 1.86. The number of nitriles is 1. The van der Waals surface area contributed by atoms with Crippen molar-refractivity contribution in [2.24, 2.45) is 0 Å². The Hall–Kier alpha value is -3.58. The number of ether oxygens (including phenoxy) is 2. The molecule has 0 saturated carbocycles. The zero-order valence-electron chi connectivity index (χ0n) is 14.3. The molecule has 0 radical (unpaired) electrons. The van der Waals surface area contributed by atoms with Gasteiger partial charge in [0.1, 0.15) is 0 Å². The van der Waals surface area contributed by atoms with E-state index in [4.69, 9.17) is 14.7 Å². The van der Waals surface area contributed by atoms with Gasteiger partial charge >= 0.3 is 5.97 Å². The van der Waals surface area contributed by atoms with Crippen molar-refractivity contribution < 1.29 is 14.3 Å². The molecule has 0 N–H and O–H groups in total. The van der Waals surface area contributed by atoms with Gasteiger partial charge in [-0.2, -0.15) is 5.26 Å². The van der Waals surface area contributed by atoms with E-state index < -0.39 is 5.97 Å². The first kappa shape index (κ1) is 17.2. The van der Waals surface area contributed by atoms with Gasteiger partial charge in [0, 0.05) is 6.07 Å². The standard InChI is InChI=1S/C22H17NO3/c1-25-21-14-17(15-23)11-12-20(21)26-22(24)19-10-6-5-9-18(19)13-16-7-3-2-4-8-16/h2-12,14H,13H2,1H3. The van der Waals surface area contributed by atoms with Crippen LogP contribution in [0.1, 0.15) is 27.0 Å². The average Bonchev–Trinajstić information content (AvgIpc) is 2.69. The zero-order valence-corrected chi connectivity index (χ0v) is 14.3. The second-order valence-electron chi connectivity index (χ2n) is 5.69. The molecule has 0 spiro atoms. The number of nitrogens with zero attached hydrogens (tertiary/aromatic N) is 1. The van der Waals surface area contributed by atoms with Crippen LogP contribution in [0.5, 0.6) is 11.5 Å². The topological polar surface area (TPSA) is 59.3 Å². The third-order valence-electron chi connectivity index (χ3n) is 3.97. The van der Waals surface area contributed by atoms with Crippen molar-refractivity contribution in [3.8, 4) is 17.6 Å². The predicted molar refractivity (Wildman–Crippen MR) is 98.4 cm³/mol. The van der Waals surface area contributed by atoms with Crippen LogP contribution in [0.25, 0.3) is 0 Å². The van der Waals surface area contributed by atoms with E-state index in [1.165, 1.54) is 7.11 Å². The summed E-state index contributed by atoms with van der Waals surface area (Å²) in [6, 6.07) is 24.0. The molecular formula is C22H17NO3. The minimum absolute atomic E-state index is 0.283. The number of carbonyl (C=O) groups excluding carboxylic acids is 1. The molecule has 0 aliphatic heterocycles. The van der Waals surface area contributed by atoms with Gasteiger partial charge in [-0.1, -0.05) is 48.5 Å². The second kappa shape index (κ2) is 8.00. The lowest BCUT2D eigenvalue weighted by atomic mass is 10.00. The molecule has 0 bridgehead atoms. The maximum absolute atomic E-state index is 12.7. The van der Waals surface area contributed by atoms with Gasteiger partial charge in [0.25, 0.3) is 0 Å². The fourth-order valence-corrected chi connectivity index (χ4v) is 2.67. The smallest absolute Gasteiger partial charge is 0.343 e. The highest BCUT2D eigenvalue weighted by atomic mass is 16.6. The van der Waals surface area contributed by atoms with Crippen LogP contribution in [0.15, 0.2) is 72.8 Å². The largest absolute Gasteiger partial charge is 0.493 e. The summed E-state index contributed by atoms with van der Waals surface area (Å²) in [6.07, 6.45) is 0.636. The molecule has 0 saturated heterocycles. The fraction of sp³-hybridized carbons (Fsp3) is 0.0909.